The lowest BCUT2D eigenvalue weighted by Crippen LogP contribution is -2.16. The number of aryl methyl sites for hydroxylation is 2. The van der Waals surface area contributed by atoms with Crippen molar-refractivity contribution in [3.05, 3.63) is 77.2 Å². The van der Waals surface area contributed by atoms with E-state index in [-0.39, 0.29) is 12.1 Å². The number of hydrogen-bond donors (Lipinski definition) is 1. The molecule has 5 rings (SSSR count). The molecule has 0 saturated heterocycles. The summed E-state index contributed by atoms with van der Waals surface area (Å²) in [7, 11) is 1.94. The minimum Gasteiger partial charge on any atom is -0.391 e. The van der Waals surface area contributed by atoms with Crippen LogP contribution in [0.5, 0.6) is 0 Å². The molecule has 1 aliphatic rings. The number of benzene rings is 2. The van der Waals surface area contributed by atoms with E-state index in [1.54, 1.807) is 0 Å². The maximum Gasteiger partial charge on any atom is 0.0923 e. The van der Waals surface area contributed by atoms with Gasteiger partial charge in [0.25, 0.3) is 0 Å². The van der Waals surface area contributed by atoms with Gasteiger partial charge in [-0.1, -0.05) is 24.3 Å². The predicted octanol–water partition coefficient (Wildman–Crippen LogP) is 5.34. The molecule has 1 aliphatic carbocycles. The lowest BCUT2D eigenvalue weighted by atomic mass is 9.94. The van der Waals surface area contributed by atoms with Gasteiger partial charge in [0.1, 0.15) is 0 Å². The van der Waals surface area contributed by atoms with Crippen molar-refractivity contribution < 1.29 is 5.11 Å². The zero-order valence-electron chi connectivity index (χ0n) is 18.0. The van der Waals surface area contributed by atoms with Crippen molar-refractivity contribution in [1.29, 1.82) is 0 Å². The molecule has 4 heteroatoms. The van der Waals surface area contributed by atoms with Gasteiger partial charge in [-0.15, -0.1) is 0 Å². The first-order valence-electron chi connectivity index (χ1n) is 10.9. The Bertz CT molecular complexity index is 1200. The van der Waals surface area contributed by atoms with Crippen LogP contribution in [-0.4, -0.2) is 25.6 Å². The minimum atomic E-state index is -0.217. The summed E-state index contributed by atoms with van der Waals surface area (Å²) < 4.78 is 4.08. The zero-order chi connectivity index (χ0) is 20.8. The van der Waals surface area contributed by atoms with Crippen molar-refractivity contribution in [3.8, 4) is 11.3 Å². The SMILES string of the molecule is Cc1c(Cc2ccc(-c3ccn(C)n3)cc2)cc2cn([C@H]3CCC[C@@H]3O)cc2c1C. The summed E-state index contributed by atoms with van der Waals surface area (Å²) in [6.07, 6.45) is 10.2. The molecule has 30 heavy (non-hydrogen) atoms. The van der Waals surface area contributed by atoms with E-state index in [9.17, 15) is 5.11 Å². The number of aliphatic hydroxyl groups is 1. The fraction of sp³-hybridized carbons (Fsp3) is 0.346. The summed E-state index contributed by atoms with van der Waals surface area (Å²) in [5.41, 5.74) is 7.54. The molecule has 1 fully saturated rings. The smallest absolute Gasteiger partial charge is 0.0923 e. The van der Waals surface area contributed by atoms with Gasteiger partial charge < -0.3 is 9.67 Å². The van der Waals surface area contributed by atoms with E-state index in [1.165, 1.54) is 33.0 Å². The third-order valence-electron chi connectivity index (χ3n) is 6.84. The lowest BCUT2D eigenvalue weighted by molar-refractivity contribution is 0.137. The van der Waals surface area contributed by atoms with E-state index in [2.05, 4.69) is 66.2 Å². The molecule has 0 bridgehead atoms. The van der Waals surface area contributed by atoms with Crippen molar-refractivity contribution >= 4 is 10.8 Å². The Hall–Kier alpha value is -2.85. The predicted molar refractivity (Wildman–Crippen MR) is 122 cm³/mol. The molecule has 1 saturated carbocycles. The van der Waals surface area contributed by atoms with Crippen LogP contribution in [0.2, 0.25) is 0 Å². The number of aliphatic hydroxyl groups excluding tert-OH is 1. The summed E-state index contributed by atoms with van der Waals surface area (Å²) in [6, 6.07) is 13.4. The standard InChI is InChI=1S/C26H29N3O/c1-17-18(2)23-16-29(25-5-4-6-26(25)30)15-22(23)14-21(17)13-19-7-9-20(10-8-19)24-11-12-28(3)27-24/h7-12,14-16,25-26,30H,4-6,13H2,1-3H3/t25-,26-/m0/s1. The van der Waals surface area contributed by atoms with Crippen LogP contribution in [0, 0.1) is 13.8 Å². The summed E-state index contributed by atoms with van der Waals surface area (Å²) in [5.74, 6) is 0. The molecule has 2 heterocycles. The Morgan fingerprint density at radius 1 is 1.03 bits per heavy atom. The molecule has 1 N–H and O–H groups in total. The summed E-state index contributed by atoms with van der Waals surface area (Å²) in [5, 5.41) is 17.4. The zero-order valence-corrected chi connectivity index (χ0v) is 18.0. The molecule has 2 aromatic heterocycles. The molecule has 0 spiro atoms. The molecule has 4 nitrogen and oxygen atoms in total. The molecule has 2 atom stereocenters. The van der Waals surface area contributed by atoms with Crippen LogP contribution < -0.4 is 0 Å². The normalized spacial score (nSPS) is 19.1. The maximum atomic E-state index is 10.3. The Morgan fingerprint density at radius 3 is 2.50 bits per heavy atom. The van der Waals surface area contributed by atoms with Crippen molar-refractivity contribution in [2.24, 2.45) is 7.05 Å². The summed E-state index contributed by atoms with van der Waals surface area (Å²) >= 11 is 0. The Labute approximate surface area is 177 Å². The second-order valence-electron chi connectivity index (χ2n) is 8.81. The molecule has 0 unspecified atom stereocenters. The number of nitrogens with zero attached hydrogens (tertiary/aromatic N) is 3. The third-order valence-corrected chi connectivity index (χ3v) is 6.84. The number of fused-ring (bicyclic) bond motifs is 1. The topological polar surface area (TPSA) is 43.0 Å². The highest BCUT2D eigenvalue weighted by Gasteiger charge is 2.26. The average Bonchev–Trinajstić information content (AvgIpc) is 3.46. The molecule has 154 valence electrons. The third kappa shape index (κ3) is 3.35. The van der Waals surface area contributed by atoms with Crippen LogP contribution in [0.3, 0.4) is 0 Å². The van der Waals surface area contributed by atoms with Crippen LogP contribution in [0.1, 0.15) is 47.6 Å². The van der Waals surface area contributed by atoms with E-state index in [0.29, 0.717) is 0 Å². The monoisotopic (exact) mass is 399 g/mol. The minimum absolute atomic E-state index is 0.217. The molecule has 2 aromatic carbocycles. The second kappa shape index (κ2) is 7.44. The van der Waals surface area contributed by atoms with Gasteiger partial charge in [-0.05, 0) is 79.3 Å². The highest BCUT2D eigenvalue weighted by molar-refractivity contribution is 5.87. The van der Waals surface area contributed by atoms with E-state index >= 15 is 0 Å². The number of hydrogen-bond acceptors (Lipinski definition) is 2. The Morgan fingerprint density at radius 2 is 1.83 bits per heavy atom. The summed E-state index contributed by atoms with van der Waals surface area (Å²) in [4.78, 5) is 0. The lowest BCUT2D eigenvalue weighted by Gasteiger charge is -2.16. The molecule has 0 radical (unpaired) electrons. The van der Waals surface area contributed by atoms with Gasteiger partial charge in [0, 0.05) is 36.6 Å². The fourth-order valence-corrected chi connectivity index (χ4v) is 4.88. The van der Waals surface area contributed by atoms with Crippen molar-refractivity contribution in [3.63, 3.8) is 0 Å². The second-order valence-corrected chi connectivity index (χ2v) is 8.81. The van der Waals surface area contributed by atoms with Gasteiger partial charge in [-0.25, -0.2) is 0 Å². The molecular weight excluding hydrogens is 370 g/mol. The number of rotatable bonds is 4. The van der Waals surface area contributed by atoms with Gasteiger partial charge >= 0.3 is 0 Å². The molecule has 0 aliphatic heterocycles. The van der Waals surface area contributed by atoms with Gasteiger partial charge in [0.15, 0.2) is 0 Å². The molecule has 4 aromatic rings. The van der Waals surface area contributed by atoms with E-state index in [4.69, 9.17) is 0 Å². The van der Waals surface area contributed by atoms with E-state index in [1.807, 2.05) is 24.0 Å². The summed E-state index contributed by atoms with van der Waals surface area (Å²) in [6.45, 7) is 4.45. The van der Waals surface area contributed by atoms with Crippen LogP contribution in [0.25, 0.3) is 22.0 Å². The van der Waals surface area contributed by atoms with Gasteiger partial charge in [-0.2, -0.15) is 5.10 Å². The van der Waals surface area contributed by atoms with Crippen LogP contribution in [-0.2, 0) is 13.5 Å². The highest BCUT2D eigenvalue weighted by atomic mass is 16.3. The number of aromatic nitrogens is 3. The molecule has 0 amide bonds. The first kappa shape index (κ1) is 19.1. The Balaban J connectivity index is 1.44. The van der Waals surface area contributed by atoms with Crippen molar-refractivity contribution in [2.75, 3.05) is 0 Å². The fourth-order valence-electron chi connectivity index (χ4n) is 4.88. The van der Waals surface area contributed by atoms with Gasteiger partial charge in [0.05, 0.1) is 17.8 Å². The first-order valence-corrected chi connectivity index (χ1v) is 10.9. The quantitative estimate of drug-likeness (QED) is 0.504. The van der Waals surface area contributed by atoms with Crippen LogP contribution in [0.15, 0.2) is 55.0 Å². The maximum absolute atomic E-state index is 10.3. The van der Waals surface area contributed by atoms with Crippen molar-refractivity contribution in [1.82, 2.24) is 14.3 Å². The van der Waals surface area contributed by atoms with Crippen LogP contribution in [0.4, 0.5) is 0 Å². The molecular formula is C26H29N3O. The van der Waals surface area contributed by atoms with Gasteiger partial charge in [-0.3, -0.25) is 4.68 Å². The highest BCUT2D eigenvalue weighted by Crippen LogP contribution is 2.34. The Kier molecular flexibility index (Phi) is 4.75. The van der Waals surface area contributed by atoms with Crippen molar-refractivity contribution in [2.45, 2.75) is 51.7 Å². The van der Waals surface area contributed by atoms with Crippen LogP contribution >= 0.6 is 0 Å². The van der Waals surface area contributed by atoms with E-state index in [0.717, 1.165) is 36.9 Å². The van der Waals surface area contributed by atoms with E-state index < -0.39 is 0 Å². The average molecular weight is 400 g/mol. The largest absolute Gasteiger partial charge is 0.391 e. The van der Waals surface area contributed by atoms with Gasteiger partial charge in [0.2, 0.25) is 0 Å². The first-order chi connectivity index (χ1) is 14.5.